The number of carbonyl (C=O) groups excluding carboxylic acids is 1. The number of hydrogen-bond donors (Lipinski definition) is 0. The van der Waals surface area contributed by atoms with Crippen LogP contribution in [-0.4, -0.2) is 18.2 Å². The van der Waals surface area contributed by atoms with Gasteiger partial charge in [0.2, 0.25) is 0 Å². The van der Waals surface area contributed by atoms with Crippen molar-refractivity contribution in [3.63, 3.8) is 0 Å². The van der Waals surface area contributed by atoms with Crippen molar-refractivity contribution in [3.05, 3.63) is 53.9 Å². The largest absolute Gasteiger partial charge is 0.298 e. The zero-order chi connectivity index (χ0) is 19.5. The fourth-order valence-corrected chi connectivity index (χ4v) is 7.83. The number of benzene rings is 1. The molecular weight excluding hydrogens is 370 g/mol. The summed E-state index contributed by atoms with van der Waals surface area (Å²) in [5.74, 6) is 1.18. The minimum absolute atomic E-state index is 0.129. The van der Waals surface area contributed by atoms with Crippen molar-refractivity contribution in [2.75, 3.05) is 0 Å². The van der Waals surface area contributed by atoms with Crippen molar-refractivity contribution in [1.82, 2.24) is 3.97 Å². The molecule has 1 aromatic heterocycles. The minimum Gasteiger partial charge on any atom is -0.298 e. The monoisotopic (exact) mass is 397 g/mol. The molecular formula is C23H27NO3S. The summed E-state index contributed by atoms with van der Waals surface area (Å²) in [5.41, 5.74) is 1.12. The highest BCUT2D eigenvalue weighted by Gasteiger charge is 2.63. The Morgan fingerprint density at radius 3 is 2.54 bits per heavy atom. The van der Waals surface area contributed by atoms with E-state index < -0.39 is 15.4 Å². The van der Waals surface area contributed by atoms with Gasteiger partial charge in [0.15, 0.2) is 0 Å². The van der Waals surface area contributed by atoms with Gasteiger partial charge in [-0.2, -0.15) is 0 Å². The van der Waals surface area contributed by atoms with Gasteiger partial charge in [-0.3, -0.25) is 4.79 Å². The molecule has 3 aliphatic carbocycles. The molecule has 0 saturated heterocycles. The quantitative estimate of drug-likeness (QED) is 0.768. The van der Waals surface area contributed by atoms with Crippen molar-refractivity contribution >= 4 is 15.8 Å². The molecule has 0 radical (unpaired) electrons. The number of ketones is 1. The second-order valence-electron chi connectivity index (χ2n) is 8.90. The van der Waals surface area contributed by atoms with Crippen molar-refractivity contribution in [2.24, 2.45) is 17.8 Å². The average Bonchev–Trinajstić information content (AvgIpc) is 3.39. The normalized spacial score (nSPS) is 32.3. The van der Waals surface area contributed by atoms with E-state index in [4.69, 9.17) is 0 Å². The highest BCUT2D eigenvalue weighted by molar-refractivity contribution is 7.90. The molecule has 0 amide bonds. The summed E-state index contributed by atoms with van der Waals surface area (Å²) in [6, 6.07) is 10.6. The second kappa shape index (κ2) is 6.31. The van der Waals surface area contributed by atoms with Crippen LogP contribution in [0.4, 0.5) is 0 Å². The van der Waals surface area contributed by atoms with Crippen LogP contribution in [0.25, 0.3) is 0 Å². The predicted octanol–water partition coefficient (Wildman–Crippen LogP) is 4.46. The number of rotatable bonds is 3. The fraction of sp³-hybridized carbons (Fsp3) is 0.522. The maximum atomic E-state index is 13.7. The lowest BCUT2D eigenvalue weighted by molar-refractivity contribution is -0.126. The van der Waals surface area contributed by atoms with Crippen LogP contribution in [0.1, 0.15) is 56.2 Å². The van der Waals surface area contributed by atoms with Crippen LogP contribution in [0.2, 0.25) is 0 Å². The van der Waals surface area contributed by atoms with Crippen molar-refractivity contribution in [1.29, 1.82) is 0 Å². The van der Waals surface area contributed by atoms with Gasteiger partial charge in [-0.05, 0) is 68.7 Å². The number of fused-ring (bicyclic) bond motifs is 3. The molecule has 2 aromatic rings. The topological polar surface area (TPSA) is 56.1 Å². The first-order valence-corrected chi connectivity index (χ1v) is 11.9. The van der Waals surface area contributed by atoms with Crippen LogP contribution < -0.4 is 0 Å². The van der Waals surface area contributed by atoms with Crippen molar-refractivity contribution < 1.29 is 13.2 Å². The average molecular weight is 398 g/mol. The first-order chi connectivity index (χ1) is 13.5. The van der Waals surface area contributed by atoms with E-state index in [-0.39, 0.29) is 10.8 Å². The molecule has 3 fully saturated rings. The Kier molecular flexibility index (Phi) is 4.10. The lowest BCUT2D eigenvalue weighted by Crippen LogP contribution is -2.38. The van der Waals surface area contributed by atoms with Crippen LogP contribution in [-0.2, 0) is 20.2 Å². The highest BCUT2D eigenvalue weighted by atomic mass is 32.2. The molecule has 5 heteroatoms. The first-order valence-electron chi connectivity index (χ1n) is 10.5. The third kappa shape index (κ3) is 2.35. The van der Waals surface area contributed by atoms with Crippen molar-refractivity contribution in [3.8, 4) is 0 Å². The van der Waals surface area contributed by atoms with Crippen LogP contribution in [0, 0.1) is 24.7 Å². The Morgan fingerprint density at radius 2 is 1.75 bits per heavy atom. The predicted molar refractivity (Wildman–Crippen MR) is 108 cm³/mol. The molecule has 4 atom stereocenters. The zero-order valence-electron chi connectivity index (χ0n) is 16.3. The summed E-state index contributed by atoms with van der Waals surface area (Å²) in [7, 11) is -3.72. The lowest BCUT2D eigenvalue weighted by Gasteiger charge is -2.31. The molecule has 0 unspecified atom stereocenters. The molecule has 1 heterocycles. The second-order valence-corrected chi connectivity index (χ2v) is 10.7. The maximum absolute atomic E-state index is 13.7. The number of hydrogen-bond acceptors (Lipinski definition) is 3. The van der Waals surface area contributed by atoms with E-state index in [1.807, 2.05) is 25.1 Å². The Labute approximate surface area is 167 Å². The Hall–Kier alpha value is -1.88. The van der Waals surface area contributed by atoms with E-state index >= 15 is 0 Å². The molecule has 4 nitrogen and oxygen atoms in total. The molecule has 0 spiro atoms. The fourth-order valence-electron chi connectivity index (χ4n) is 6.40. The van der Waals surface area contributed by atoms with E-state index in [1.165, 1.54) is 10.4 Å². The van der Waals surface area contributed by atoms with E-state index in [0.717, 1.165) is 44.1 Å². The number of aromatic nitrogens is 1. The summed E-state index contributed by atoms with van der Waals surface area (Å²) < 4.78 is 28.3. The SMILES string of the molecule is Cc1ccc(S(=O)(=O)n2cccc2[C@]23CCC[C@H]2[C@@H]2CCCC[C@@H]2C3=O)cc1. The van der Waals surface area contributed by atoms with Gasteiger partial charge in [0, 0.05) is 17.8 Å². The summed E-state index contributed by atoms with van der Waals surface area (Å²) in [6.45, 7) is 1.94. The van der Waals surface area contributed by atoms with Gasteiger partial charge >= 0.3 is 0 Å². The van der Waals surface area contributed by atoms with Crippen molar-refractivity contribution in [2.45, 2.75) is 62.2 Å². The van der Waals surface area contributed by atoms with E-state index in [1.54, 1.807) is 24.4 Å². The van der Waals surface area contributed by atoms with Gasteiger partial charge in [0.1, 0.15) is 5.78 Å². The Morgan fingerprint density at radius 1 is 1.00 bits per heavy atom. The summed E-state index contributed by atoms with van der Waals surface area (Å²) in [5, 5.41) is 0. The molecule has 0 N–H and O–H groups in total. The van der Waals surface area contributed by atoms with E-state index in [0.29, 0.717) is 23.3 Å². The van der Waals surface area contributed by atoms with Crippen LogP contribution in [0.5, 0.6) is 0 Å². The van der Waals surface area contributed by atoms with Crippen LogP contribution in [0.15, 0.2) is 47.5 Å². The van der Waals surface area contributed by atoms with Crippen LogP contribution >= 0.6 is 0 Å². The molecule has 1 aromatic carbocycles. The van der Waals surface area contributed by atoms with E-state index in [9.17, 15) is 13.2 Å². The summed E-state index contributed by atoms with van der Waals surface area (Å²) in [4.78, 5) is 14.0. The molecule has 3 aliphatic rings. The number of nitrogens with zero attached hydrogens (tertiary/aromatic N) is 1. The Bertz CT molecular complexity index is 1020. The summed E-state index contributed by atoms with van der Waals surface area (Å²) >= 11 is 0. The van der Waals surface area contributed by atoms with Gasteiger partial charge < -0.3 is 0 Å². The maximum Gasteiger partial charge on any atom is 0.267 e. The minimum atomic E-state index is -3.72. The zero-order valence-corrected chi connectivity index (χ0v) is 17.1. The number of aryl methyl sites for hydroxylation is 1. The lowest BCUT2D eigenvalue weighted by atomic mass is 9.74. The highest BCUT2D eigenvalue weighted by Crippen LogP contribution is 2.61. The third-order valence-electron chi connectivity index (χ3n) is 7.58. The number of carbonyl (C=O) groups is 1. The molecule has 28 heavy (non-hydrogen) atoms. The number of Topliss-reactive ketones (excluding diaryl/α,β-unsaturated/α-hetero) is 1. The molecule has 3 saturated carbocycles. The molecule has 148 valence electrons. The standard InChI is InChI=1S/C23H27NO3S/c1-16-10-12-17(13-11-16)28(26,27)24-15-5-9-21(24)23-14-4-8-20(23)18-6-2-3-7-19(18)22(23)25/h5,9-13,15,18-20H,2-4,6-8,14H2,1H3/t18-,19+,20+,23+/m1/s1. The van der Waals surface area contributed by atoms with Gasteiger partial charge in [-0.25, -0.2) is 12.4 Å². The summed E-state index contributed by atoms with van der Waals surface area (Å²) in [6.07, 6.45) is 8.89. The van der Waals surface area contributed by atoms with Gasteiger partial charge in [0.05, 0.1) is 10.3 Å². The Balaban J connectivity index is 1.64. The van der Waals surface area contributed by atoms with Gasteiger partial charge in [-0.1, -0.05) is 37.0 Å². The first kappa shape index (κ1) is 18.2. The molecule has 0 bridgehead atoms. The molecule has 5 rings (SSSR count). The molecule has 0 aliphatic heterocycles. The van der Waals surface area contributed by atoms with E-state index in [2.05, 4.69) is 0 Å². The third-order valence-corrected chi connectivity index (χ3v) is 9.28. The van der Waals surface area contributed by atoms with Gasteiger partial charge in [0.25, 0.3) is 10.0 Å². The van der Waals surface area contributed by atoms with Crippen LogP contribution in [0.3, 0.4) is 0 Å². The smallest absolute Gasteiger partial charge is 0.267 e. The van der Waals surface area contributed by atoms with Gasteiger partial charge in [-0.15, -0.1) is 0 Å².